The molecule has 0 aliphatic rings. The molecule has 0 fully saturated rings. The van der Waals surface area contributed by atoms with Crippen molar-refractivity contribution in [2.75, 3.05) is 10.6 Å². The van der Waals surface area contributed by atoms with E-state index in [1.165, 1.54) is 0 Å². The zero-order chi connectivity index (χ0) is 23.0. The molecule has 0 radical (unpaired) electrons. The number of nitrogens with zero attached hydrogens (tertiary/aromatic N) is 4. The van der Waals surface area contributed by atoms with Crippen molar-refractivity contribution >= 4 is 40.9 Å². The molecule has 4 aromatic rings. The third kappa shape index (κ3) is 15.5. The number of nitrogens with one attached hydrogen (secondary N) is 2. The molecule has 37 heavy (non-hydrogen) atoms. The number of para-hydroxylation sites is 2. The van der Waals surface area contributed by atoms with Crippen molar-refractivity contribution in [3.05, 3.63) is 119 Å². The summed E-state index contributed by atoms with van der Waals surface area (Å²) in [5, 5.41) is 23.5. The summed E-state index contributed by atoms with van der Waals surface area (Å²) in [5.74, 6) is 0. The van der Waals surface area contributed by atoms with Crippen molar-refractivity contribution in [3.8, 4) is 0 Å². The fourth-order valence-electron chi connectivity index (χ4n) is 2.60. The van der Waals surface area contributed by atoms with Crippen LogP contribution in [0.5, 0.6) is 0 Å². The van der Waals surface area contributed by atoms with Crippen molar-refractivity contribution in [2.45, 2.75) is 0 Å². The quantitative estimate of drug-likeness (QED) is 0.176. The minimum absolute atomic E-state index is 0. The van der Waals surface area contributed by atoms with E-state index in [4.69, 9.17) is 15.6 Å². The third-order valence-corrected chi connectivity index (χ3v) is 4.09. The molecule has 12 heteroatoms. The number of rotatable bonds is 4. The first-order valence-electron chi connectivity index (χ1n) is 9.60. The predicted molar refractivity (Wildman–Crippen MR) is 129 cm³/mol. The van der Waals surface area contributed by atoms with Crippen molar-refractivity contribution in [1.29, 1.82) is 10.8 Å². The van der Waals surface area contributed by atoms with Gasteiger partial charge in [0.1, 0.15) is 6.79 Å². The molecule has 0 bridgehead atoms. The molecule has 188 valence electrons. The number of carbonyl (C=O) groups is 1. The van der Waals surface area contributed by atoms with Gasteiger partial charge in [-0.1, -0.05) is 36.4 Å². The van der Waals surface area contributed by atoms with E-state index in [2.05, 4.69) is 20.6 Å². The Balaban J connectivity index is -0.000000245. The van der Waals surface area contributed by atoms with Crippen molar-refractivity contribution in [2.24, 2.45) is 0 Å². The second-order valence-electron chi connectivity index (χ2n) is 6.28. The Hall–Kier alpha value is -3.23. The van der Waals surface area contributed by atoms with Gasteiger partial charge < -0.3 is 65.1 Å². The summed E-state index contributed by atoms with van der Waals surface area (Å²) in [5.41, 5.74) is 5.10. The molecule has 0 unspecified atom stereocenters. The zero-order valence-corrected chi connectivity index (χ0v) is 25.5. The van der Waals surface area contributed by atoms with Crippen LogP contribution in [-0.4, -0.2) is 6.79 Å². The van der Waals surface area contributed by atoms with Gasteiger partial charge in [0.25, 0.3) is 0 Å². The molecule has 0 atom stereocenters. The molecular formula is C25H22Cl4N6OZn. The number of halogens is 4. The first-order valence-corrected chi connectivity index (χ1v) is 9.60. The van der Waals surface area contributed by atoms with Crippen LogP contribution >= 0.6 is 0 Å². The van der Waals surface area contributed by atoms with E-state index < -0.39 is 0 Å². The molecule has 4 aromatic carbocycles. The van der Waals surface area contributed by atoms with E-state index in [0.717, 1.165) is 22.7 Å². The van der Waals surface area contributed by atoms with Crippen LogP contribution in [0.25, 0.3) is 9.95 Å². The predicted octanol–water partition coefficient (Wildman–Crippen LogP) is -4.34. The van der Waals surface area contributed by atoms with Crippen molar-refractivity contribution in [3.63, 3.8) is 0 Å². The van der Waals surface area contributed by atoms with Gasteiger partial charge in [-0.15, -0.1) is 0 Å². The van der Waals surface area contributed by atoms with Crippen LogP contribution in [0.15, 0.2) is 109 Å². The third-order valence-electron chi connectivity index (χ3n) is 4.09. The minimum Gasteiger partial charge on any atom is -1.00 e. The van der Waals surface area contributed by atoms with Gasteiger partial charge in [-0.25, -0.2) is 0 Å². The van der Waals surface area contributed by atoms with Crippen LogP contribution in [0.3, 0.4) is 0 Å². The summed E-state index contributed by atoms with van der Waals surface area (Å²) in [4.78, 5) is 14.2. The second-order valence-corrected chi connectivity index (χ2v) is 6.28. The fourth-order valence-corrected chi connectivity index (χ4v) is 2.60. The van der Waals surface area contributed by atoms with Gasteiger partial charge in [0, 0.05) is 47.0 Å². The largest absolute Gasteiger partial charge is 2.00 e. The fraction of sp³-hybridized carbons (Fsp3) is 0. The molecular weight excluding hydrogens is 608 g/mol. The van der Waals surface area contributed by atoms with E-state index in [9.17, 15) is 0 Å². The minimum atomic E-state index is 0. The molecule has 0 saturated heterocycles. The van der Waals surface area contributed by atoms with Gasteiger partial charge in [0.15, 0.2) is 9.95 Å². The van der Waals surface area contributed by atoms with Gasteiger partial charge >= 0.3 is 30.9 Å². The Morgan fingerprint density at radius 3 is 0.946 bits per heavy atom. The van der Waals surface area contributed by atoms with Crippen LogP contribution in [-0.2, 0) is 24.3 Å². The van der Waals surface area contributed by atoms with Gasteiger partial charge in [-0.3, -0.25) is 0 Å². The average molecular weight is 630 g/mol. The molecule has 0 saturated carbocycles. The normalized spacial score (nSPS) is 7.62. The van der Waals surface area contributed by atoms with E-state index in [1.807, 2.05) is 91.7 Å². The molecule has 0 amide bonds. The first kappa shape index (κ1) is 40.9. The topological polar surface area (TPSA) is 97.4 Å². The van der Waals surface area contributed by atoms with Crippen LogP contribution < -0.4 is 60.3 Å². The van der Waals surface area contributed by atoms with E-state index in [1.54, 1.807) is 24.3 Å². The molecule has 0 aromatic heterocycles. The standard InChI is InChI=1S/2C12H10N3.CH2O.4ClH.Zn/c2*13-15-12-8-6-11(7-9-12)14-10-4-2-1-3-5-10;1-2;;;;;/h2*1-9,14H;1H2;4*1H;/q2*+1;;;;;;+2/p-4. The molecule has 2 N–H and O–H groups in total. The summed E-state index contributed by atoms with van der Waals surface area (Å²) in [6.45, 7) is 2.00. The Labute approximate surface area is 254 Å². The van der Waals surface area contributed by atoms with Gasteiger partial charge in [-0.2, -0.15) is 0 Å². The smallest absolute Gasteiger partial charge is 1.00 e. The van der Waals surface area contributed by atoms with Crippen LogP contribution in [0.1, 0.15) is 0 Å². The maximum Gasteiger partial charge on any atom is 2.00 e. The summed E-state index contributed by atoms with van der Waals surface area (Å²) in [6, 6.07) is 34.2. The molecule has 7 nitrogen and oxygen atoms in total. The van der Waals surface area contributed by atoms with Crippen LogP contribution in [0, 0.1) is 10.8 Å². The number of benzene rings is 4. The average Bonchev–Trinajstić information content (AvgIpc) is 2.88. The summed E-state index contributed by atoms with van der Waals surface area (Å²) in [6.07, 6.45) is 0. The Kier molecular flexibility index (Phi) is 27.1. The number of hydrogen-bond donors (Lipinski definition) is 2. The van der Waals surface area contributed by atoms with Crippen LogP contribution in [0.4, 0.5) is 34.1 Å². The summed E-state index contributed by atoms with van der Waals surface area (Å²) in [7, 11) is 0. The van der Waals surface area contributed by atoms with Gasteiger partial charge in [-0.05, 0) is 48.5 Å². The van der Waals surface area contributed by atoms with E-state index in [0.29, 0.717) is 11.4 Å². The number of carbonyl (C=O) groups excluding carboxylic acids is 1. The Morgan fingerprint density at radius 1 is 0.459 bits per heavy atom. The molecule has 0 spiro atoms. The summed E-state index contributed by atoms with van der Waals surface area (Å²) < 4.78 is 0. The van der Waals surface area contributed by atoms with Gasteiger partial charge in [0.2, 0.25) is 10.8 Å². The van der Waals surface area contributed by atoms with Gasteiger partial charge in [0.05, 0.1) is 0 Å². The maximum atomic E-state index is 8.52. The van der Waals surface area contributed by atoms with E-state index in [-0.39, 0.29) is 69.1 Å². The monoisotopic (exact) mass is 626 g/mol. The van der Waals surface area contributed by atoms with Crippen molar-refractivity contribution in [1.82, 2.24) is 0 Å². The first-order chi connectivity index (χ1) is 15.8. The number of diazo groups is 2. The number of anilines is 4. The molecule has 4 rings (SSSR count). The second kappa shape index (κ2) is 24.5. The van der Waals surface area contributed by atoms with Crippen molar-refractivity contribution < 1.29 is 73.9 Å². The zero-order valence-electron chi connectivity index (χ0n) is 19.5. The summed E-state index contributed by atoms with van der Waals surface area (Å²) >= 11 is 0. The van der Waals surface area contributed by atoms with E-state index >= 15 is 0 Å². The Bertz CT molecular complexity index is 1080. The molecule has 0 heterocycles. The molecule has 0 aliphatic carbocycles. The maximum absolute atomic E-state index is 8.52. The number of hydrogen-bond acceptors (Lipinski definition) is 5. The Morgan fingerprint density at radius 2 is 0.703 bits per heavy atom. The van der Waals surface area contributed by atoms with Crippen LogP contribution in [0.2, 0.25) is 0 Å². The SMILES string of the molecule is C=O.N#[N+]c1ccc(Nc2ccccc2)cc1.N#[N+]c1ccc(Nc2ccccc2)cc1.[Cl-].[Cl-].[Cl-].[Cl-].[Zn+2]. The molecule has 0 aliphatic heterocycles.